The Morgan fingerprint density at radius 2 is 1.54 bits per heavy atom. The van der Waals surface area contributed by atoms with Gasteiger partial charge >= 0.3 is 0 Å². The minimum Gasteiger partial charge on any atom is -0.489 e. The summed E-state index contributed by atoms with van der Waals surface area (Å²) in [4.78, 5) is 12.5. The average Bonchev–Trinajstić information content (AvgIpc) is 2.73. The number of benzene rings is 3. The number of carbonyl (C=O) groups is 1. The minimum atomic E-state index is -0.545. The Morgan fingerprint density at radius 1 is 0.893 bits per heavy atom. The van der Waals surface area contributed by atoms with Crippen molar-refractivity contribution in [2.75, 3.05) is 5.32 Å². The lowest BCUT2D eigenvalue weighted by Crippen LogP contribution is -2.32. The van der Waals surface area contributed by atoms with E-state index in [1.54, 1.807) is 0 Å². The lowest BCUT2D eigenvalue weighted by atomic mass is 10.2. The third-order valence-electron chi connectivity index (χ3n) is 4.33. The van der Waals surface area contributed by atoms with Crippen LogP contribution in [0, 0.1) is 6.92 Å². The second kappa shape index (κ2) is 9.60. The molecule has 0 fully saturated rings. The number of aryl methyl sites for hydroxylation is 1. The normalized spacial score (nSPS) is 11.5. The summed E-state index contributed by atoms with van der Waals surface area (Å²) in [5.41, 5.74) is 2.97. The Kier molecular flexibility index (Phi) is 6.68. The smallest absolute Gasteiger partial charge is 0.265 e. The summed E-state index contributed by atoms with van der Waals surface area (Å²) in [5.74, 6) is 1.28. The van der Waals surface area contributed by atoms with Gasteiger partial charge in [0.1, 0.15) is 18.1 Å². The van der Waals surface area contributed by atoms with Gasteiger partial charge in [-0.15, -0.1) is 0 Å². The first-order chi connectivity index (χ1) is 13.6. The molecule has 0 bridgehead atoms. The van der Waals surface area contributed by atoms with Crippen molar-refractivity contribution in [1.82, 2.24) is 0 Å². The van der Waals surface area contributed by atoms with Crippen molar-refractivity contribution >= 4 is 11.6 Å². The van der Waals surface area contributed by atoms with E-state index in [2.05, 4.69) is 5.32 Å². The van der Waals surface area contributed by atoms with Crippen molar-refractivity contribution in [3.05, 3.63) is 90.0 Å². The highest BCUT2D eigenvalue weighted by Gasteiger charge is 2.18. The van der Waals surface area contributed by atoms with Gasteiger partial charge in [0.2, 0.25) is 0 Å². The van der Waals surface area contributed by atoms with Gasteiger partial charge in [-0.25, -0.2) is 0 Å². The van der Waals surface area contributed by atoms with E-state index in [4.69, 9.17) is 9.47 Å². The molecule has 4 heteroatoms. The van der Waals surface area contributed by atoms with E-state index in [0.717, 1.165) is 16.9 Å². The zero-order chi connectivity index (χ0) is 19.8. The molecule has 1 amide bonds. The van der Waals surface area contributed by atoms with Crippen LogP contribution in [-0.4, -0.2) is 12.0 Å². The summed E-state index contributed by atoms with van der Waals surface area (Å²) < 4.78 is 11.6. The van der Waals surface area contributed by atoms with Crippen LogP contribution in [0.1, 0.15) is 24.5 Å². The van der Waals surface area contributed by atoms with Crippen molar-refractivity contribution in [3.63, 3.8) is 0 Å². The van der Waals surface area contributed by atoms with Crippen molar-refractivity contribution in [3.8, 4) is 11.5 Å². The maximum atomic E-state index is 12.5. The fraction of sp³-hybridized carbons (Fsp3) is 0.208. The van der Waals surface area contributed by atoms with Gasteiger partial charge in [-0.2, -0.15) is 0 Å². The number of hydrogen-bond donors (Lipinski definition) is 1. The molecule has 0 spiro atoms. The van der Waals surface area contributed by atoms with Crippen LogP contribution in [0.15, 0.2) is 78.9 Å². The number of carbonyl (C=O) groups excluding carboxylic acids is 1. The summed E-state index contributed by atoms with van der Waals surface area (Å²) in [7, 11) is 0. The van der Waals surface area contributed by atoms with Gasteiger partial charge in [0.05, 0.1) is 0 Å². The Bertz CT molecular complexity index is 874. The molecule has 144 valence electrons. The zero-order valence-corrected chi connectivity index (χ0v) is 16.2. The predicted molar refractivity (Wildman–Crippen MR) is 112 cm³/mol. The molecule has 3 aromatic rings. The lowest BCUT2D eigenvalue weighted by Gasteiger charge is -2.17. The largest absolute Gasteiger partial charge is 0.489 e. The van der Waals surface area contributed by atoms with Crippen LogP contribution in [0.25, 0.3) is 0 Å². The third-order valence-corrected chi connectivity index (χ3v) is 4.33. The molecule has 4 nitrogen and oxygen atoms in total. The Hall–Kier alpha value is -3.27. The molecule has 1 atom stereocenters. The molecule has 0 aliphatic carbocycles. The number of anilines is 1. The first kappa shape index (κ1) is 19.5. The standard InChI is InChI=1S/C24H25NO3/c1-3-23(28-22-13-9-18(2)10-14-22)24(26)25-20-11-15-21(16-12-20)27-17-19-7-5-4-6-8-19/h4-16,23H,3,17H2,1-2H3,(H,25,26)/t23-/m0/s1. The molecular weight excluding hydrogens is 350 g/mol. The summed E-state index contributed by atoms with van der Waals surface area (Å²) in [6, 6.07) is 25.0. The molecule has 0 saturated heterocycles. The average molecular weight is 375 g/mol. The fourth-order valence-corrected chi connectivity index (χ4v) is 2.70. The number of ether oxygens (including phenoxy) is 2. The van der Waals surface area contributed by atoms with E-state index in [1.807, 2.05) is 92.7 Å². The van der Waals surface area contributed by atoms with Gasteiger partial charge in [0.15, 0.2) is 6.10 Å². The molecule has 0 aromatic heterocycles. The van der Waals surface area contributed by atoms with Crippen molar-refractivity contribution in [2.24, 2.45) is 0 Å². The molecule has 0 radical (unpaired) electrons. The molecule has 0 aliphatic heterocycles. The van der Waals surface area contributed by atoms with Gasteiger partial charge in [0.25, 0.3) is 5.91 Å². The van der Waals surface area contributed by atoms with E-state index < -0.39 is 6.10 Å². The van der Waals surface area contributed by atoms with E-state index >= 15 is 0 Å². The van der Waals surface area contributed by atoms with Gasteiger partial charge in [-0.05, 0) is 55.3 Å². The minimum absolute atomic E-state index is 0.166. The Morgan fingerprint density at radius 3 is 2.18 bits per heavy atom. The monoisotopic (exact) mass is 375 g/mol. The quantitative estimate of drug-likeness (QED) is 0.576. The molecule has 1 N–H and O–H groups in total. The molecule has 0 unspecified atom stereocenters. The molecule has 3 aromatic carbocycles. The molecule has 0 saturated carbocycles. The van der Waals surface area contributed by atoms with E-state index in [0.29, 0.717) is 24.5 Å². The number of amides is 1. The van der Waals surface area contributed by atoms with Crippen molar-refractivity contribution in [2.45, 2.75) is 33.0 Å². The maximum absolute atomic E-state index is 12.5. The van der Waals surface area contributed by atoms with Crippen LogP contribution < -0.4 is 14.8 Å². The summed E-state index contributed by atoms with van der Waals surface area (Å²) in [6.07, 6.45) is 0.0366. The number of rotatable bonds is 8. The predicted octanol–water partition coefficient (Wildman–Crippen LogP) is 5.37. The van der Waals surface area contributed by atoms with Crippen LogP contribution in [0.2, 0.25) is 0 Å². The number of hydrogen-bond acceptors (Lipinski definition) is 3. The SMILES string of the molecule is CC[C@H](Oc1ccc(C)cc1)C(=O)Nc1ccc(OCc2ccccc2)cc1. The second-order valence-corrected chi connectivity index (χ2v) is 6.62. The Labute approximate surface area is 166 Å². The highest BCUT2D eigenvalue weighted by Crippen LogP contribution is 2.19. The fourth-order valence-electron chi connectivity index (χ4n) is 2.70. The zero-order valence-electron chi connectivity index (χ0n) is 16.2. The van der Waals surface area contributed by atoms with Gasteiger partial charge in [-0.3, -0.25) is 4.79 Å². The lowest BCUT2D eigenvalue weighted by molar-refractivity contribution is -0.122. The van der Waals surface area contributed by atoms with Gasteiger partial charge in [0, 0.05) is 5.69 Å². The first-order valence-corrected chi connectivity index (χ1v) is 9.45. The summed E-state index contributed by atoms with van der Waals surface area (Å²) >= 11 is 0. The van der Waals surface area contributed by atoms with E-state index in [-0.39, 0.29) is 5.91 Å². The Balaban J connectivity index is 1.54. The third kappa shape index (κ3) is 5.61. The van der Waals surface area contributed by atoms with Gasteiger partial charge in [-0.1, -0.05) is 55.0 Å². The number of nitrogens with one attached hydrogen (secondary N) is 1. The maximum Gasteiger partial charge on any atom is 0.265 e. The van der Waals surface area contributed by atoms with Crippen molar-refractivity contribution < 1.29 is 14.3 Å². The van der Waals surface area contributed by atoms with Gasteiger partial charge < -0.3 is 14.8 Å². The molecule has 0 aliphatic rings. The first-order valence-electron chi connectivity index (χ1n) is 9.45. The molecular formula is C24H25NO3. The second-order valence-electron chi connectivity index (χ2n) is 6.62. The molecule has 3 rings (SSSR count). The molecule has 0 heterocycles. The van der Waals surface area contributed by atoms with Crippen molar-refractivity contribution in [1.29, 1.82) is 0 Å². The van der Waals surface area contributed by atoms with Crippen LogP contribution in [-0.2, 0) is 11.4 Å². The van der Waals surface area contributed by atoms with E-state index in [9.17, 15) is 4.79 Å². The summed E-state index contributed by atoms with van der Waals surface area (Å²) in [5, 5.41) is 2.91. The van der Waals surface area contributed by atoms with Crippen LogP contribution in [0.3, 0.4) is 0 Å². The van der Waals surface area contributed by atoms with E-state index in [1.165, 1.54) is 0 Å². The summed E-state index contributed by atoms with van der Waals surface area (Å²) in [6.45, 7) is 4.45. The van der Waals surface area contributed by atoms with Crippen LogP contribution in [0.5, 0.6) is 11.5 Å². The highest BCUT2D eigenvalue weighted by atomic mass is 16.5. The molecule has 28 heavy (non-hydrogen) atoms. The van der Waals surface area contributed by atoms with Crippen LogP contribution in [0.4, 0.5) is 5.69 Å². The topological polar surface area (TPSA) is 47.6 Å². The highest BCUT2D eigenvalue weighted by molar-refractivity contribution is 5.94. The van der Waals surface area contributed by atoms with Crippen LogP contribution >= 0.6 is 0 Å².